The fraction of sp³-hybridized carbons (Fsp3) is 0. The van der Waals surface area contributed by atoms with Gasteiger partial charge < -0.3 is 0 Å². The van der Waals surface area contributed by atoms with Gasteiger partial charge in [0.15, 0.2) is 62.6 Å². The Bertz CT molecular complexity index is 9630. The molecule has 22 aromatic rings. The lowest BCUT2D eigenvalue weighted by Crippen LogP contribution is -1.99. The maximum atomic E-state index is 10.0. The van der Waals surface area contributed by atoms with Crippen LogP contribution < -0.4 is 0 Å². The van der Waals surface area contributed by atoms with Crippen LogP contribution in [0.3, 0.4) is 0 Å². The Morgan fingerprint density at radius 2 is 0.460 bits per heavy atom. The van der Waals surface area contributed by atoms with Crippen LogP contribution in [-0.4, -0.2) is 39.9 Å². The van der Waals surface area contributed by atoms with Gasteiger partial charge in [-0.2, -0.15) is 47.4 Å². The largest absolute Gasteiger partial charge is 0.262 e. The lowest BCUT2D eigenvalue weighted by atomic mass is 9.91. The average Bonchev–Trinajstić information content (AvgIpc) is 0.741. The van der Waals surface area contributed by atoms with Crippen molar-refractivity contribution < 1.29 is 0 Å². The second kappa shape index (κ2) is 30.1. The molecule has 0 spiro atoms. The Morgan fingerprint density at radius 3 is 0.825 bits per heavy atom. The Labute approximate surface area is 710 Å². The molecule has 0 saturated heterocycles. The summed E-state index contributed by atoms with van der Waals surface area (Å²) in [5, 5.41) is 110. The molecular weight excluding hydrogens is 1560 g/mol. The second-order valence-electron chi connectivity index (χ2n) is 28.7. The van der Waals surface area contributed by atoms with Gasteiger partial charge >= 0.3 is 0 Å². The van der Waals surface area contributed by atoms with Gasteiger partial charge in [-0.3, -0.25) is 29.1 Å². The minimum absolute atomic E-state index is 0.0154. The second-order valence-corrected chi connectivity index (χ2v) is 28.7. The Kier molecular flexibility index (Phi) is 18.0. The summed E-state index contributed by atoms with van der Waals surface area (Å²) in [6.07, 6.45) is 0. The monoisotopic (exact) mass is 1600 g/mol. The molecule has 4 heterocycles. The molecule has 126 heavy (non-hydrogen) atoms. The molecule has 0 N–H and O–H groups in total. The van der Waals surface area contributed by atoms with Crippen molar-refractivity contribution in [2.75, 3.05) is 0 Å². The van der Waals surface area contributed by atoms with Crippen molar-refractivity contribution >= 4 is 229 Å². The standard InChI is InChI=1S/C26H6N8.2C26H12N4.C25H7N7/c1-30-22-17(10-27)21-20(24(31-2)26(22)32-3)15-8-13-6-4-5-7-14(13)9-16(15)23-25(21)34-19(12-29)18(11-28)33-23;27-13-22-23(14-28)30-26-21-12-17-7-2-1-6-16(17)11-20(21)24-18-8-4-3-5-15(18)9-10-19(24)25(26)29-22;27-13-22-23(14-28)30-26-24-18-8-4-3-5-15(18)9-10-19(24)20-11-16-6-1-2-7-17(16)12-21(20)25(26)29-22;1-28-18-10-17-21(25(30-3)24(18)29-2)15-8-13-6-4-5-7-14(13)9-16(15)22-23(17)32-20(12-27)19(11-26)31-22/h4-9H;2*1-12H;4-10H. The lowest BCUT2D eigenvalue weighted by Gasteiger charge is -2.15. The molecule has 18 aromatic carbocycles. The third-order valence-corrected chi connectivity index (χ3v) is 22.4. The quantitative estimate of drug-likeness (QED) is 0.0773. The maximum Gasteiger partial charge on any atom is 0.202 e. The molecule has 0 aliphatic heterocycles. The Morgan fingerprint density at radius 1 is 0.183 bits per heavy atom. The number of aromatic nitrogens is 8. The van der Waals surface area contributed by atoms with Crippen LogP contribution in [0.2, 0.25) is 0 Å². The fourth-order valence-corrected chi connectivity index (χ4v) is 17.0. The van der Waals surface area contributed by atoms with Crippen LogP contribution in [0.1, 0.15) is 51.1 Å². The SMILES string of the molecule is N#Cc1nc2c3cc4ccccc4cc3c3c4ccccc4ccc3c2nc1C#N.N#Cc1nc2c3cc4ccccc4cc3c3ccc4ccccc4c3c2nc1C#N.[C-]#[N+]c1c([N+]#[C-])c(C#N)c2c3nc(C#N)c(C#N)nc3c3cc4ccccc4cc3c2c1[N+]#[C-].[C-]#[N+]c1cc2c3nc(C#N)c(C#N)nc3c3cc4ccccc4cc3c2c([N+]#[C-])c1[N+]#[C-]. The van der Waals surface area contributed by atoms with Crippen LogP contribution in [0.25, 0.3) is 224 Å². The van der Waals surface area contributed by atoms with Crippen molar-refractivity contribution in [3.63, 3.8) is 0 Å². The molecule has 22 rings (SSSR count). The van der Waals surface area contributed by atoms with Crippen molar-refractivity contribution in [2.24, 2.45) is 0 Å². The van der Waals surface area contributed by atoms with Gasteiger partial charge in [0, 0.05) is 37.7 Å². The average molecular weight is 1600 g/mol. The number of benzene rings is 18. The first-order valence-corrected chi connectivity index (χ1v) is 38.0. The molecule has 0 fully saturated rings. The van der Waals surface area contributed by atoms with Crippen molar-refractivity contribution in [3.8, 4) is 54.6 Å². The summed E-state index contributed by atoms with van der Waals surface area (Å²) in [6, 6.07) is 91.6. The van der Waals surface area contributed by atoms with Crippen LogP contribution >= 0.6 is 0 Å². The van der Waals surface area contributed by atoms with E-state index in [1.54, 1.807) is 0 Å². The number of nitrogens with zero attached hydrogens (tertiary/aromatic N) is 23. The van der Waals surface area contributed by atoms with Gasteiger partial charge in [0.1, 0.15) is 48.6 Å². The predicted molar refractivity (Wildman–Crippen MR) is 483 cm³/mol. The lowest BCUT2D eigenvalue weighted by molar-refractivity contribution is 1.21. The first-order chi connectivity index (χ1) is 61.8. The third-order valence-electron chi connectivity index (χ3n) is 22.4. The molecule has 0 unspecified atom stereocenters. The smallest absolute Gasteiger partial charge is 0.202 e. The molecule has 0 aliphatic rings. The number of nitriles is 9. The van der Waals surface area contributed by atoms with Crippen LogP contribution in [0.5, 0.6) is 0 Å². The van der Waals surface area contributed by atoms with E-state index in [0.717, 1.165) is 108 Å². The number of rotatable bonds is 0. The highest BCUT2D eigenvalue weighted by atomic mass is 14.9. The van der Waals surface area contributed by atoms with E-state index in [-0.39, 0.29) is 102 Å². The Balaban J connectivity index is 0.000000110. The van der Waals surface area contributed by atoms with Crippen molar-refractivity contribution in [3.05, 3.63) is 344 Å². The van der Waals surface area contributed by atoms with Crippen LogP contribution in [0, 0.1) is 141 Å². The molecule has 4 aromatic heterocycles. The topological polar surface area (TPSA) is 343 Å². The minimum atomic E-state index is -0.248. The third kappa shape index (κ3) is 11.6. The van der Waals surface area contributed by atoms with Gasteiger partial charge in [-0.25, -0.2) is 39.9 Å². The minimum Gasteiger partial charge on any atom is -0.262 e. The molecule has 23 heteroatoms. The van der Waals surface area contributed by atoms with E-state index in [0.29, 0.717) is 70.8 Å². The van der Waals surface area contributed by atoms with Gasteiger partial charge in [0.05, 0.1) is 95.2 Å². The highest BCUT2D eigenvalue weighted by molar-refractivity contribution is 6.36. The zero-order chi connectivity index (χ0) is 86.9. The predicted octanol–water partition coefficient (Wildman–Crippen LogP) is 24.8. The van der Waals surface area contributed by atoms with Gasteiger partial charge in [0.2, 0.25) is 17.1 Å². The van der Waals surface area contributed by atoms with E-state index >= 15 is 0 Å². The van der Waals surface area contributed by atoms with Crippen LogP contribution in [-0.2, 0) is 0 Å². The summed E-state index contributed by atoms with van der Waals surface area (Å²) in [4.78, 5) is 56.9. The van der Waals surface area contributed by atoms with Crippen molar-refractivity contribution in [2.45, 2.75) is 0 Å². The van der Waals surface area contributed by atoms with E-state index < -0.39 is 0 Å². The number of fused-ring (bicyclic) bond motifs is 32. The van der Waals surface area contributed by atoms with Gasteiger partial charge in [-0.15, -0.1) is 0 Å². The van der Waals surface area contributed by atoms with E-state index in [1.165, 1.54) is 6.07 Å². The summed E-state index contributed by atoms with van der Waals surface area (Å²) in [6.45, 7) is 45.9. The molecular formula is C103H37N23. The summed E-state index contributed by atoms with van der Waals surface area (Å²) in [7, 11) is 0. The van der Waals surface area contributed by atoms with Crippen molar-refractivity contribution in [1.29, 1.82) is 47.4 Å². The van der Waals surface area contributed by atoms with E-state index in [1.807, 2.05) is 182 Å². The molecule has 0 radical (unpaired) electrons. The maximum absolute atomic E-state index is 10.0. The van der Waals surface area contributed by atoms with Crippen LogP contribution in [0.4, 0.5) is 34.1 Å². The Hall–Kier alpha value is -20.7. The van der Waals surface area contributed by atoms with Gasteiger partial charge in [-0.05, 0) is 162 Å². The molecule has 0 bridgehead atoms. The first kappa shape index (κ1) is 75.4. The highest BCUT2D eigenvalue weighted by Crippen LogP contribution is 2.54. The summed E-state index contributed by atoms with van der Waals surface area (Å²) in [5.74, 6) is 0. The number of hydrogen-bond donors (Lipinski definition) is 0. The molecule has 0 atom stereocenters. The van der Waals surface area contributed by atoms with E-state index in [4.69, 9.17) is 39.4 Å². The fourth-order valence-electron chi connectivity index (χ4n) is 17.0. The van der Waals surface area contributed by atoms with Crippen LogP contribution in [0.15, 0.2) is 224 Å². The molecule has 0 saturated carbocycles. The van der Waals surface area contributed by atoms with Gasteiger partial charge in [-0.1, -0.05) is 176 Å². The van der Waals surface area contributed by atoms with Gasteiger partial charge in [0.25, 0.3) is 0 Å². The first-order valence-electron chi connectivity index (χ1n) is 38.0. The normalized spacial score (nSPS) is 10.7. The zero-order valence-electron chi connectivity index (χ0n) is 64.6. The molecule has 0 aliphatic carbocycles. The summed E-state index contributed by atoms with van der Waals surface area (Å²) < 4.78 is 0. The molecule has 564 valence electrons. The van der Waals surface area contributed by atoms with E-state index in [2.05, 4.69) is 160 Å². The number of hydrogen-bond acceptors (Lipinski definition) is 17. The summed E-state index contributed by atoms with van der Waals surface area (Å²) in [5.41, 5.74) is 2.72. The summed E-state index contributed by atoms with van der Waals surface area (Å²) >= 11 is 0. The molecule has 0 amide bonds. The zero-order valence-corrected chi connectivity index (χ0v) is 64.6. The highest BCUT2D eigenvalue weighted by Gasteiger charge is 2.29. The van der Waals surface area contributed by atoms with E-state index in [9.17, 15) is 47.4 Å². The van der Waals surface area contributed by atoms with Crippen molar-refractivity contribution in [1.82, 2.24) is 39.9 Å². The molecule has 23 nitrogen and oxygen atoms in total.